The number of hydrogen-bond acceptors (Lipinski definition) is 4. The molecule has 66 valence electrons. The van der Waals surface area contributed by atoms with E-state index in [0.717, 1.165) is 18.8 Å². The van der Waals surface area contributed by atoms with Crippen LogP contribution in [-0.2, 0) is 0 Å². The highest BCUT2D eigenvalue weighted by atomic mass is 15.2. The third-order valence-electron chi connectivity index (χ3n) is 1.65. The minimum Gasteiger partial charge on any atom is -0.358 e. The zero-order valence-corrected chi connectivity index (χ0v) is 7.27. The van der Waals surface area contributed by atoms with Crippen molar-refractivity contribution in [1.82, 2.24) is 10.2 Å². The number of anilines is 1. The van der Waals surface area contributed by atoms with Gasteiger partial charge in [0.15, 0.2) is 5.82 Å². The van der Waals surface area contributed by atoms with E-state index in [1.807, 2.05) is 24.1 Å². The molecule has 0 fully saturated rings. The van der Waals surface area contributed by atoms with Gasteiger partial charge in [0.2, 0.25) is 0 Å². The van der Waals surface area contributed by atoms with Crippen molar-refractivity contribution in [2.75, 3.05) is 25.0 Å². The Kier molecular flexibility index (Phi) is 3.47. The van der Waals surface area contributed by atoms with Crippen molar-refractivity contribution in [3.63, 3.8) is 0 Å². The fourth-order valence-corrected chi connectivity index (χ4v) is 0.940. The second kappa shape index (κ2) is 4.66. The summed E-state index contributed by atoms with van der Waals surface area (Å²) in [6, 6.07) is 3.81. The molecule has 0 bridgehead atoms. The van der Waals surface area contributed by atoms with Gasteiger partial charge in [0.05, 0.1) is 0 Å². The van der Waals surface area contributed by atoms with Gasteiger partial charge < -0.3 is 10.6 Å². The van der Waals surface area contributed by atoms with Crippen LogP contribution in [0.5, 0.6) is 0 Å². The quantitative estimate of drug-likeness (QED) is 0.697. The summed E-state index contributed by atoms with van der Waals surface area (Å²) >= 11 is 0. The third kappa shape index (κ3) is 2.47. The largest absolute Gasteiger partial charge is 0.358 e. The Bertz CT molecular complexity index is 212. The fourth-order valence-electron chi connectivity index (χ4n) is 0.940. The standard InChI is InChI=1S/C8H14N4/c1-12(7-3-5-9)8-4-2-6-10-11-8/h2,4,6H,3,5,7,9H2,1H3. The molecule has 0 amide bonds. The smallest absolute Gasteiger partial charge is 0.150 e. The molecule has 0 aliphatic carbocycles. The monoisotopic (exact) mass is 166 g/mol. The molecule has 0 atom stereocenters. The summed E-state index contributed by atoms with van der Waals surface area (Å²) in [7, 11) is 1.99. The lowest BCUT2D eigenvalue weighted by Gasteiger charge is -2.15. The maximum absolute atomic E-state index is 5.39. The van der Waals surface area contributed by atoms with Gasteiger partial charge in [0.25, 0.3) is 0 Å². The molecule has 0 aromatic carbocycles. The molecule has 0 aliphatic rings. The van der Waals surface area contributed by atoms with Crippen molar-refractivity contribution < 1.29 is 0 Å². The first-order chi connectivity index (χ1) is 5.84. The van der Waals surface area contributed by atoms with Crippen LogP contribution in [0.4, 0.5) is 5.82 Å². The molecule has 0 unspecified atom stereocenters. The molecular weight excluding hydrogens is 152 g/mol. The van der Waals surface area contributed by atoms with Gasteiger partial charge in [0, 0.05) is 19.8 Å². The van der Waals surface area contributed by atoms with E-state index in [4.69, 9.17) is 5.73 Å². The third-order valence-corrected chi connectivity index (χ3v) is 1.65. The summed E-state index contributed by atoms with van der Waals surface area (Å²) in [6.07, 6.45) is 2.65. The average Bonchev–Trinajstić information content (AvgIpc) is 2.15. The van der Waals surface area contributed by atoms with Gasteiger partial charge >= 0.3 is 0 Å². The molecular formula is C8H14N4. The van der Waals surface area contributed by atoms with E-state index in [1.54, 1.807) is 6.20 Å². The van der Waals surface area contributed by atoms with E-state index >= 15 is 0 Å². The van der Waals surface area contributed by atoms with Gasteiger partial charge in [-0.3, -0.25) is 0 Å². The van der Waals surface area contributed by atoms with Crippen LogP contribution in [0.15, 0.2) is 18.3 Å². The van der Waals surface area contributed by atoms with Gasteiger partial charge in [-0.05, 0) is 25.1 Å². The molecule has 4 nitrogen and oxygen atoms in total. The van der Waals surface area contributed by atoms with Crippen molar-refractivity contribution in [1.29, 1.82) is 0 Å². The molecule has 0 saturated heterocycles. The highest BCUT2D eigenvalue weighted by Crippen LogP contribution is 2.04. The molecule has 4 heteroatoms. The van der Waals surface area contributed by atoms with Crippen molar-refractivity contribution in [2.45, 2.75) is 6.42 Å². The summed E-state index contributed by atoms with van der Waals surface area (Å²) in [6.45, 7) is 1.64. The van der Waals surface area contributed by atoms with Crippen molar-refractivity contribution >= 4 is 5.82 Å². The Morgan fingerprint density at radius 1 is 1.58 bits per heavy atom. The molecule has 0 aliphatic heterocycles. The second-order valence-corrected chi connectivity index (χ2v) is 2.65. The molecule has 1 heterocycles. The predicted molar refractivity (Wildman–Crippen MR) is 49.0 cm³/mol. The molecule has 0 radical (unpaired) electrons. The van der Waals surface area contributed by atoms with Crippen molar-refractivity contribution in [3.05, 3.63) is 18.3 Å². The molecule has 12 heavy (non-hydrogen) atoms. The highest BCUT2D eigenvalue weighted by Gasteiger charge is 1.99. The predicted octanol–water partition coefficient (Wildman–Crippen LogP) is 0.262. The first-order valence-corrected chi connectivity index (χ1v) is 4.03. The van der Waals surface area contributed by atoms with Crippen LogP contribution in [0.25, 0.3) is 0 Å². The summed E-state index contributed by atoms with van der Waals surface area (Å²) in [5.41, 5.74) is 5.39. The zero-order valence-electron chi connectivity index (χ0n) is 7.27. The lowest BCUT2D eigenvalue weighted by molar-refractivity contribution is 0.778. The average molecular weight is 166 g/mol. The summed E-state index contributed by atoms with van der Waals surface area (Å²) < 4.78 is 0. The molecule has 0 saturated carbocycles. The summed E-state index contributed by atoms with van der Waals surface area (Å²) in [5, 5.41) is 7.76. The SMILES string of the molecule is CN(CCCN)c1cccnn1. The van der Waals surface area contributed by atoms with Crippen molar-refractivity contribution in [3.8, 4) is 0 Å². The zero-order chi connectivity index (χ0) is 8.81. The van der Waals surface area contributed by atoms with Gasteiger partial charge in [-0.25, -0.2) is 0 Å². The molecule has 0 spiro atoms. The van der Waals surface area contributed by atoms with Crippen LogP contribution in [0, 0.1) is 0 Å². The van der Waals surface area contributed by atoms with E-state index in [9.17, 15) is 0 Å². The van der Waals surface area contributed by atoms with Crippen LogP contribution in [0.2, 0.25) is 0 Å². The van der Waals surface area contributed by atoms with Crippen LogP contribution >= 0.6 is 0 Å². The van der Waals surface area contributed by atoms with E-state index in [1.165, 1.54) is 0 Å². The lowest BCUT2D eigenvalue weighted by Crippen LogP contribution is -2.22. The Morgan fingerprint density at radius 2 is 2.42 bits per heavy atom. The summed E-state index contributed by atoms with van der Waals surface area (Å²) in [5.74, 6) is 0.894. The molecule has 1 aromatic rings. The molecule has 1 rings (SSSR count). The lowest BCUT2D eigenvalue weighted by atomic mass is 10.4. The van der Waals surface area contributed by atoms with Crippen molar-refractivity contribution in [2.24, 2.45) is 5.73 Å². The Morgan fingerprint density at radius 3 is 3.00 bits per heavy atom. The van der Waals surface area contributed by atoms with Gasteiger partial charge in [-0.2, -0.15) is 5.10 Å². The second-order valence-electron chi connectivity index (χ2n) is 2.65. The van der Waals surface area contributed by atoms with E-state index in [-0.39, 0.29) is 0 Å². The van der Waals surface area contributed by atoms with Gasteiger partial charge in [0.1, 0.15) is 0 Å². The van der Waals surface area contributed by atoms with E-state index in [2.05, 4.69) is 10.2 Å². The van der Waals surface area contributed by atoms with Gasteiger partial charge in [-0.1, -0.05) is 0 Å². The topological polar surface area (TPSA) is 55.0 Å². The first-order valence-electron chi connectivity index (χ1n) is 4.03. The van der Waals surface area contributed by atoms with Crippen LogP contribution in [0.3, 0.4) is 0 Å². The normalized spacial score (nSPS) is 9.83. The highest BCUT2D eigenvalue weighted by molar-refractivity contribution is 5.34. The Labute approximate surface area is 72.4 Å². The molecule has 1 aromatic heterocycles. The number of rotatable bonds is 4. The first kappa shape index (κ1) is 8.93. The summed E-state index contributed by atoms with van der Waals surface area (Å²) in [4.78, 5) is 2.04. The number of nitrogens with two attached hydrogens (primary N) is 1. The number of aromatic nitrogens is 2. The molecule has 2 N–H and O–H groups in total. The van der Waals surface area contributed by atoms with E-state index < -0.39 is 0 Å². The maximum Gasteiger partial charge on any atom is 0.150 e. The van der Waals surface area contributed by atoms with E-state index in [0.29, 0.717) is 6.54 Å². The van der Waals surface area contributed by atoms with Crippen LogP contribution in [0.1, 0.15) is 6.42 Å². The van der Waals surface area contributed by atoms with Crippen LogP contribution < -0.4 is 10.6 Å². The Balaban J connectivity index is 2.48. The number of nitrogens with zero attached hydrogens (tertiary/aromatic N) is 3. The van der Waals surface area contributed by atoms with Crippen LogP contribution in [-0.4, -0.2) is 30.3 Å². The fraction of sp³-hybridized carbons (Fsp3) is 0.500. The van der Waals surface area contributed by atoms with Gasteiger partial charge in [-0.15, -0.1) is 5.10 Å². The minimum atomic E-state index is 0.713. The maximum atomic E-state index is 5.39. The number of hydrogen-bond donors (Lipinski definition) is 1. The Hall–Kier alpha value is -1.16. The minimum absolute atomic E-state index is 0.713.